The van der Waals surface area contributed by atoms with E-state index in [1.165, 1.54) is 11.8 Å². The van der Waals surface area contributed by atoms with Gasteiger partial charge >= 0.3 is 6.18 Å². The molecule has 0 radical (unpaired) electrons. The molecule has 0 amide bonds. The fraction of sp³-hybridized carbons (Fsp3) is 0.429. The molecule has 0 unspecified atom stereocenters. The Labute approximate surface area is 125 Å². The molecule has 114 valence electrons. The number of hydrogen-bond acceptors (Lipinski definition) is 4. The third kappa shape index (κ3) is 5.08. The quantitative estimate of drug-likeness (QED) is 0.907. The van der Waals surface area contributed by atoms with Gasteiger partial charge < -0.3 is 5.32 Å². The van der Waals surface area contributed by atoms with Crippen LogP contribution in [0.25, 0.3) is 0 Å². The van der Waals surface area contributed by atoms with E-state index >= 15 is 0 Å². The highest BCUT2D eigenvalue weighted by Gasteiger charge is 2.27. The van der Waals surface area contributed by atoms with Gasteiger partial charge in [0.1, 0.15) is 6.54 Å². The first-order valence-electron chi connectivity index (χ1n) is 6.42. The van der Waals surface area contributed by atoms with Crippen LogP contribution in [0.4, 0.5) is 18.9 Å². The van der Waals surface area contributed by atoms with Crippen LogP contribution in [0.5, 0.6) is 0 Å². The third-order valence-electron chi connectivity index (χ3n) is 2.73. The van der Waals surface area contributed by atoms with Gasteiger partial charge in [-0.1, -0.05) is 30.0 Å². The van der Waals surface area contributed by atoms with Crippen LogP contribution in [-0.2, 0) is 5.75 Å². The molecule has 1 aromatic rings. The highest BCUT2D eigenvalue weighted by atomic mass is 32.2. The van der Waals surface area contributed by atoms with E-state index in [1.807, 2.05) is 13.8 Å². The van der Waals surface area contributed by atoms with Crippen molar-refractivity contribution in [2.45, 2.75) is 31.3 Å². The molecule has 0 aromatic heterocycles. The van der Waals surface area contributed by atoms with Crippen LogP contribution < -0.4 is 5.32 Å². The van der Waals surface area contributed by atoms with Crippen LogP contribution in [0.15, 0.2) is 34.3 Å². The van der Waals surface area contributed by atoms with Crippen molar-refractivity contribution < 1.29 is 13.2 Å². The molecule has 0 spiro atoms. The first kappa shape index (κ1) is 15.9. The lowest BCUT2D eigenvalue weighted by Crippen LogP contribution is -2.21. The molecule has 0 saturated carbocycles. The number of amidine groups is 1. The van der Waals surface area contributed by atoms with Crippen molar-refractivity contribution in [3.8, 4) is 0 Å². The standard InChI is InChI=1S/C14H16F3N3S/c1-13(2)8-19-12(20-13)21-7-10-5-3-4-6-11(10)18-9-14(15,16)17/h3-6,8,18H,7,9H2,1-2H3. The van der Waals surface area contributed by atoms with Gasteiger partial charge in [0.2, 0.25) is 0 Å². The fourth-order valence-electron chi connectivity index (χ4n) is 1.74. The number of alkyl halides is 3. The van der Waals surface area contributed by atoms with Gasteiger partial charge in [0, 0.05) is 17.7 Å². The van der Waals surface area contributed by atoms with Crippen molar-refractivity contribution in [2.75, 3.05) is 11.9 Å². The average molecular weight is 315 g/mol. The summed E-state index contributed by atoms with van der Waals surface area (Å²) in [5, 5.41) is 3.09. The van der Waals surface area contributed by atoms with Crippen LogP contribution in [0, 0.1) is 0 Å². The Balaban J connectivity index is 1.99. The van der Waals surface area contributed by atoms with Crippen molar-refractivity contribution in [3.05, 3.63) is 29.8 Å². The number of rotatable bonds is 4. The smallest absolute Gasteiger partial charge is 0.376 e. The largest absolute Gasteiger partial charge is 0.405 e. The first-order chi connectivity index (χ1) is 9.75. The summed E-state index contributed by atoms with van der Waals surface area (Å²) in [4.78, 5) is 8.61. The predicted octanol–water partition coefficient (Wildman–Crippen LogP) is 4.11. The van der Waals surface area contributed by atoms with E-state index in [0.717, 1.165) is 5.56 Å². The fourth-order valence-corrected chi connectivity index (χ4v) is 2.71. The number of anilines is 1. The summed E-state index contributed by atoms with van der Waals surface area (Å²) in [6, 6.07) is 6.96. The van der Waals surface area contributed by atoms with E-state index in [1.54, 1.807) is 30.5 Å². The van der Waals surface area contributed by atoms with E-state index in [4.69, 9.17) is 0 Å². The number of benzene rings is 1. The number of hydrogen-bond donors (Lipinski definition) is 1. The van der Waals surface area contributed by atoms with Gasteiger partial charge in [-0.3, -0.25) is 0 Å². The summed E-state index contributed by atoms with van der Waals surface area (Å²) in [5.74, 6) is 0.521. The normalized spacial score (nSPS) is 16.9. The summed E-state index contributed by atoms with van der Waals surface area (Å²) in [5.41, 5.74) is 0.995. The molecule has 1 aliphatic heterocycles. The summed E-state index contributed by atoms with van der Waals surface area (Å²) in [6.07, 6.45) is -2.47. The maximum absolute atomic E-state index is 12.3. The van der Waals surface area contributed by atoms with Gasteiger partial charge in [0.25, 0.3) is 0 Å². The van der Waals surface area contributed by atoms with Crippen LogP contribution in [0.3, 0.4) is 0 Å². The molecule has 3 nitrogen and oxygen atoms in total. The molecule has 7 heteroatoms. The molecule has 1 heterocycles. The molecule has 21 heavy (non-hydrogen) atoms. The lowest BCUT2D eigenvalue weighted by Gasteiger charge is -2.13. The van der Waals surface area contributed by atoms with Gasteiger partial charge in [-0.2, -0.15) is 13.2 Å². The first-order valence-corrected chi connectivity index (χ1v) is 7.40. The van der Waals surface area contributed by atoms with Crippen LogP contribution in [-0.4, -0.2) is 29.6 Å². The number of thioether (sulfide) groups is 1. The Kier molecular flexibility index (Phi) is 4.61. The van der Waals surface area contributed by atoms with Gasteiger partial charge in [0.05, 0.1) is 5.54 Å². The van der Waals surface area contributed by atoms with Crippen LogP contribution in [0.2, 0.25) is 0 Å². The second-order valence-electron chi connectivity index (χ2n) is 5.22. The molecule has 1 aromatic carbocycles. The highest BCUT2D eigenvalue weighted by molar-refractivity contribution is 8.13. The van der Waals surface area contributed by atoms with Gasteiger partial charge in [0.15, 0.2) is 5.17 Å². The van der Waals surface area contributed by atoms with Crippen molar-refractivity contribution in [3.63, 3.8) is 0 Å². The molecule has 0 atom stereocenters. The third-order valence-corrected chi connectivity index (χ3v) is 3.64. The van der Waals surface area contributed by atoms with E-state index in [-0.39, 0.29) is 5.54 Å². The average Bonchev–Trinajstić information content (AvgIpc) is 2.73. The Morgan fingerprint density at radius 1 is 1.24 bits per heavy atom. The van der Waals surface area contributed by atoms with E-state index in [9.17, 15) is 13.2 Å². The summed E-state index contributed by atoms with van der Waals surface area (Å²) in [6.45, 7) is 2.85. The zero-order valence-electron chi connectivity index (χ0n) is 11.7. The summed E-state index contributed by atoms with van der Waals surface area (Å²) >= 11 is 1.42. The number of nitrogens with one attached hydrogen (secondary N) is 1. The van der Waals surface area contributed by atoms with Gasteiger partial charge in [-0.25, -0.2) is 9.98 Å². The second kappa shape index (κ2) is 6.09. The number of para-hydroxylation sites is 1. The molecule has 0 bridgehead atoms. The number of aliphatic imine (C=N–C) groups is 2. The lowest BCUT2D eigenvalue weighted by atomic mass is 10.1. The molecule has 0 aliphatic carbocycles. The van der Waals surface area contributed by atoms with Crippen molar-refractivity contribution in [1.82, 2.24) is 0 Å². The molecule has 1 aliphatic rings. The Bertz CT molecular complexity index is 565. The van der Waals surface area contributed by atoms with E-state index in [0.29, 0.717) is 16.6 Å². The predicted molar refractivity (Wildman–Crippen MR) is 82.3 cm³/mol. The Morgan fingerprint density at radius 2 is 1.95 bits per heavy atom. The van der Waals surface area contributed by atoms with Gasteiger partial charge in [-0.15, -0.1) is 0 Å². The highest BCUT2D eigenvalue weighted by Crippen LogP contribution is 2.26. The maximum atomic E-state index is 12.3. The lowest BCUT2D eigenvalue weighted by molar-refractivity contribution is -0.115. The number of halogens is 3. The molecular weight excluding hydrogens is 299 g/mol. The van der Waals surface area contributed by atoms with E-state index < -0.39 is 12.7 Å². The summed E-state index contributed by atoms with van der Waals surface area (Å²) < 4.78 is 36.9. The minimum Gasteiger partial charge on any atom is -0.376 e. The minimum absolute atomic E-state index is 0.295. The molecular formula is C14H16F3N3S. The van der Waals surface area contributed by atoms with Crippen molar-refractivity contribution in [2.24, 2.45) is 9.98 Å². The van der Waals surface area contributed by atoms with Crippen LogP contribution >= 0.6 is 11.8 Å². The molecule has 0 fully saturated rings. The maximum Gasteiger partial charge on any atom is 0.405 e. The second-order valence-corrected chi connectivity index (χ2v) is 6.16. The zero-order chi connectivity index (χ0) is 15.5. The minimum atomic E-state index is -4.23. The zero-order valence-corrected chi connectivity index (χ0v) is 12.6. The monoisotopic (exact) mass is 315 g/mol. The topological polar surface area (TPSA) is 36.8 Å². The molecule has 2 rings (SSSR count). The number of nitrogens with zero attached hydrogens (tertiary/aromatic N) is 2. The van der Waals surface area contributed by atoms with E-state index in [2.05, 4.69) is 15.3 Å². The van der Waals surface area contributed by atoms with Crippen molar-refractivity contribution >= 4 is 28.8 Å². The summed E-state index contributed by atoms with van der Waals surface area (Å²) in [7, 11) is 0. The van der Waals surface area contributed by atoms with Gasteiger partial charge in [-0.05, 0) is 25.5 Å². The van der Waals surface area contributed by atoms with Crippen molar-refractivity contribution in [1.29, 1.82) is 0 Å². The molecule has 0 saturated heterocycles. The van der Waals surface area contributed by atoms with Crippen LogP contribution in [0.1, 0.15) is 19.4 Å². The Morgan fingerprint density at radius 3 is 2.57 bits per heavy atom. The Hall–Kier alpha value is -1.50. The molecule has 1 N–H and O–H groups in total. The SMILES string of the molecule is CC1(C)C=NC(SCc2ccccc2NCC(F)(F)F)=N1.